The number of ether oxygens (including phenoxy) is 1. The van der Waals surface area contributed by atoms with Crippen LogP contribution in [0.2, 0.25) is 0 Å². The van der Waals surface area contributed by atoms with Crippen LogP contribution in [0.4, 0.5) is 10.7 Å². The standard InChI is InChI=1S/C23H28N2O5S/c1-6-30-22(27)19-16-11-10-14(23(3,4)5)12-18(16)31-21(19)24-20(26)15-8-7-9-17(13(15)2)25(28)29/h7-9,14H,6,10-12H2,1-5H3,(H,24,26). The molecule has 1 unspecified atom stereocenters. The number of carbonyl (C=O) groups excluding carboxylic acids is 2. The molecule has 8 heteroatoms. The molecule has 0 saturated carbocycles. The van der Waals surface area contributed by atoms with Crippen molar-refractivity contribution in [1.82, 2.24) is 0 Å². The second-order valence-electron chi connectivity index (χ2n) is 8.90. The van der Waals surface area contributed by atoms with Crippen molar-refractivity contribution in [2.24, 2.45) is 11.3 Å². The van der Waals surface area contributed by atoms with Crippen molar-refractivity contribution >= 4 is 33.9 Å². The number of hydrogen-bond acceptors (Lipinski definition) is 6. The first-order valence-electron chi connectivity index (χ1n) is 10.4. The molecule has 1 atom stereocenters. The number of carbonyl (C=O) groups is 2. The highest BCUT2D eigenvalue weighted by Gasteiger charge is 2.34. The van der Waals surface area contributed by atoms with Crippen LogP contribution in [0, 0.1) is 28.4 Å². The maximum absolute atomic E-state index is 13.0. The first-order valence-corrected chi connectivity index (χ1v) is 11.2. The molecule has 0 radical (unpaired) electrons. The quantitative estimate of drug-likeness (QED) is 0.371. The molecule has 1 aromatic carbocycles. The molecule has 1 aliphatic rings. The van der Waals surface area contributed by atoms with Gasteiger partial charge >= 0.3 is 5.97 Å². The minimum Gasteiger partial charge on any atom is -0.462 e. The second-order valence-corrected chi connectivity index (χ2v) is 10.0. The van der Waals surface area contributed by atoms with Crippen molar-refractivity contribution in [1.29, 1.82) is 0 Å². The molecule has 1 amide bonds. The average Bonchev–Trinajstić information content (AvgIpc) is 3.04. The maximum Gasteiger partial charge on any atom is 0.341 e. The number of anilines is 1. The summed E-state index contributed by atoms with van der Waals surface area (Å²) in [7, 11) is 0. The second kappa shape index (κ2) is 8.78. The molecular weight excluding hydrogens is 416 g/mol. The van der Waals surface area contributed by atoms with Gasteiger partial charge in [0.1, 0.15) is 5.00 Å². The fraction of sp³-hybridized carbons (Fsp3) is 0.478. The van der Waals surface area contributed by atoms with Crippen LogP contribution in [-0.2, 0) is 17.6 Å². The third kappa shape index (κ3) is 4.63. The Labute approximate surface area is 186 Å². The SMILES string of the molecule is CCOC(=O)c1c(NC(=O)c2cccc([N+](=O)[O-])c2C)sc2c1CCC(C(C)(C)C)C2. The smallest absolute Gasteiger partial charge is 0.341 e. The Morgan fingerprint density at radius 2 is 2.03 bits per heavy atom. The fourth-order valence-corrected chi connectivity index (χ4v) is 5.38. The van der Waals surface area contributed by atoms with Crippen LogP contribution in [0.1, 0.15) is 70.8 Å². The molecule has 31 heavy (non-hydrogen) atoms. The van der Waals surface area contributed by atoms with E-state index in [1.807, 2.05) is 0 Å². The predicted octanol–water partition coefficient (Wildman–Crippen LogP) is 5.54. The summed E-state index contributed by atoms with van der Waals surface area (Å²) in [6, 6.07) is 4.40. The summed E-state index contributed by atoms with van der Waals surface area (Å²) in [5.41, 5.74) is 1.91. The molecular formula is C23H28N2O5S. The Kier molecular flexibility index (Phi) is 6.50. The van der Waals surface area contributed by atoms with Crippen molar-refractivity contribution in [2.45, 2.75) is 53.9 Å². The lowest BCUT2D eigenvalue weighted by Gasteiger charge is -2.33. The molecule has 0 aliphatic heterocycles. The Morgan fingerprint density at radius 3 is 2.65 bits per heavy atom. The third-order valence-corrected chi connectivity index (χ3v) is 7.11. The largest absolute Gasteiger partial charge is 0.462 e. The number of thiophene rings is 1. The van der Waals surface area contributed by atoms with Crippen molar-refractivity contribution in [3.05, 3.63) is 55.4 Å². The summed E-state index contributed by atoms with van der Waals surface area (Å²) in [5.74, 6) is -0.436. The van der Waals surface area contributed by atoms with Crippen molar-refractivity contribution in [2.75, 3.05) is 11.9 Å². The van der Waals surface area contributed by atoms with Crippen LogP contribution in [0.25, 0.3) is 0 Å². The van der Waals surface area contributed by atoms with E-state index in [1.54, 1.807) is 19.9 Å². The number of hydrogen-bond donors (Lipinski definition) is 1. The van der Waals surface area contributed by atoms with Gasteiger partial charge in [0.25, 0.3) is 11.6 Å². The van der Waals surface area contributed by atoms with Gasteiger partial charge in [0.05, 0.1) is 17.1 Å². The first kappa shape index (κ1) is 22.9. The molecule has 0 fully saturated rings. The van der Waals surface area contributed by atoms with E-state index in [9.17, 15) is 19.7 Å². The summed E-state index contributed by atoms with van der Waals surface area (Å²) in [5, 5.41) is 14.5. The summed E-state index contributed by atoms with van der Waals surface area (Å²) in [6.45, 7) is 10.2. The van der Waals surface area contributed by atoms with E-state index in [1.165, 1.54) is 23.5 Å². The van der Waals surface area contributed by atoms with Gasteiger partial charge in [0.2, 0.25) is 0 Å². The normalized spacial score (nSPS) is 15.8. The molecule has 1 heterocycles. The molecule has 0 spiro atoms. The highest BCUT2D eigenvalue weighted by atomic mass is 32.1. The van der Waals surface area contributed by atoms with E-state index in [2.05, 4.69) is 26.1 Å². The van der Waals surface area contributed by atoms with Gasteiger partial charge in [0.15, 0.2) is 0 Å². The monoisotopic (exact) mass is 444 g/mol. The Bertz CT molecular complexity index is 1040. The van der Waals surface area contributed by atoms with Gasteiger partial charge in [-0.15, -0.1) is 11.3 Å². The number of nitro benzene ring substituents is 1. The van der Waals surface area contributed by atoms with Crippen LogP contribution >= 0.6 is 11.3 Å². The van der Waals surface area contributed by atoms with E-state index in [0.29, 0.717) is 16.5 Å². The van der Waals surface area contributed by atoms with Crippen molar-refractivity contribution in [3.63, 3.8) is 0 Å². The van der Waals surface area contributed by atoms with Gasteiger partial charge in [-0.05, 0) is 56.1 Å². The van der Waals surface area contributed by atoms with Crippen LogP contribution in [0.15, 0.2) is 18.2 Å². The fourth-order valence-electron chi connectivity index (χ4n) is 4.07. The van der Waals surface area contributed by atoms with Crippen LogP contribution in [0.3, 0.4) is 0 Å². The lowest BCUT2D eigenvalue weighted by atomic mass is 9.72. The van der Waals surface area contributed by atoms with E-state index >= 15 is 0 Å². The number of nitrogens with one attached hydrogen (secondary N) is 1. The number of nitro groups is 1. The molecule has 166 valence electrons. The van der Waals surface area contributed by atoms with E-state index in [4.69, 9.17) is 4.74 Å². The Hall–Kier alpha value is -2.74. The van der Waals surface area contributed by atoms with Crippen LogP contribution in [-0.4, -0.2) is 23.4 Å². The topological polar surface area (TPSA) is 98.5 Å². The highest BCUT2D eigenvalue weighted by molar-refractivity contribution is 7.17. The zero-order chi connectivity index (χ0) is 22.9. The van der Waals surface area contributed by atoms with Gasteiger partial charge in [-0.25, -0.2) is 4.79 Å². The van der Waals surface area contributed by atoms with Gasteiger partial charge in [0, 0.05) is 22.1 Å². The molecule has 2 aromatic rings. The molecule has 0 bridgehead atoms. The third-order valence-electron chi connectivity index (χ3n) is 5.94. The van der Waals surface area contributed by atoms with E-state index in [-0.39, 0.29) is 28.8 Å². The van der Waals surface area contributed by atoms with Gasteiger partial charge in [-0.1, -0.05) is 26.8 Å². The molecule has 1 N–H and O–H groups in total. The number of amides is 1. The lowest BCUT2D eigenvalue weighted by molar-refractivity contribution is -0.385. The van der Waals surface area contributed by atoms with Crippen LogP contribution in [0.5, 0.6) is 0 Å². The highest BCUT2D eigenvalue weighted by Crippen LogP contribution is 2.44. The minimum absolute atomic E-state index is 0.114. The molecule has 7 nitrogen and oxygen atoms in total. The number of fused-ring (bicyclic) bond motifs is 1. The number of rotatable bonds is 5. The molecule has 1 aliphatic carbocycles. The lowest BCUT2D eigenvalue weighted by Crippen LogP contribution is -2.26. The van der Waals surface area contributed by atoms with E-state index < -0.39 is 16.8 Å². The first-order chi connectivity index (χ1) is 14.5. The maximum atomic E-state index is 13.0. The van der Waals surface area contributed by atoms with Gasteiger partial charge in [-0.2, -0.15) is 0 Å². The minimum atomic E-state index is -0.507. The summed E-state index contributed by atoms with van der Waals surface area (Å²) >= 11 is 1.41. The van der Waals surface area contributed by atoms with Crippen LogP contribution < -0.4 is 5.32 Å². The Morgan fingerprint density at radius 1 is 1.32 bits per heavy atom. The zero-order valence-corrected chi connectivity index (χ0v) is 19.4. The summed E-state index contributed by atoms with van der Waals surface area (Å²) < 4.78 is 5.28. The summed E-state index contributed by atoms with van der Waals surface area (Å²) in [4.78, 5) is 37.6. The van der Waals surface area contributed by atoms with Crippen molar-refractivity contribution in [3.8, 4) is 0 Å². The molecule has 3 rings (SSSR count). The van der Waals surface area contributed by atoms with E-state index in [0.717, 1.165) is 29.7 Å². The van der Waals surface area contributed by atoms with Crippen molar-refractivity contribution < 1.29 is 19.2 Å². The number of esters is 1. The van der Waals surface area contributed by atoms with Gasteiger partial charge in [-0.3, -0.25) is 14.9 Å². The number of nitrogens with zero attached hydrogens (tertiary/aromatic N) is 1. The zero-order valence-electron chi connectivity index (χ0n) is 18.5. The number of benzene rings is 1. The molecule has 1 aromatic heterocycles. The average molecular weight is 445 g/mol. The predicted molar refractivity (Wildman–Crippen MR) is 121 cm³/mol. The molecule has 0 saturated heterocycles. The van der Waals surface area contributed by atoms with Gasteiger partial charge < -0.3 is 10.1 Å². The summed E-state index contributed by atoms with van der Waals surface area (Å²) in [6.07, 6.45) is 2.58. The Balaban J connectivity index is 1.99.